The van der Waals surface area contributed by atoms with Crippen LogP contribution in [0.2, 0.25) is 0 Å². The summed E-state index contributed by atoms with van der Waals surface area (Å²) in [5.74, 6) is 0.977. The van der Waals surface area contributed by atoms with Gasteiger partial charge in [-0.05, 0) is 48.2 Å². The van der Waals surface area contributed by atoms with Gasteiger partial charge in [-0.2, -0.15) is 5.10 Å². The molecule has 0 aromatic heterocycles. The van der Waals surface area contributed by atoms with Gasteiger partial charge in [-0.25, -0.2) is 5.43 Å². The number of rotatable bonds is 6. The highest BCUT2D eigenvalue weighted by atomic mass is 16.5. The van der Waals surface area contributed by atoms with Gasteiger partial charge < -0.3 is 4.74 Å². The fourth-order valence-electron chi connectivity index (χ4n) is 3.02. The van der Waals surface area contributed by atoms with E-state index in [0.717, 1.165) is 42.6 Å². The van der Waals surface area contributed by atoms with Crippen molar-refractivity contribution >= 4 is 12.1 Å². The predicted octanol–water partition coefficient (Wildman–Crippen LogP) is 4.30. The second-order valence-corrected chi connectivity index (χ2v) is 6.41. The summed E-state index contributed by atoms with van der Waals surface area (Å²) in [5, 5.41) is 4.07. The highest BCUT2D eigenvalue weighted by Gasteiger charge is 2.20. The monoisotopic (exact) mass is 336 g/mol. The maximum absolute atomic E-state index is 12.0. The van der Waals surface area contributed by atoms with Crippen molar-refractivity contribution in [2.75, 3.05) is 0 Å². The number of hydrazone groups is 1. The van der Waals surface area contributed by atoms with E-state index in [0.29, 0.717) is 6.61 Å². The zero-order chi connectivity index (χ0) is 17.3. The number of benzene rings is 2. The molecule has 0 unspecified atom stereocenters. The van der Waals surface area contributed by atoms with Crippen molar-refractivity contribution in [3.63, 3.8) is 0 Å². The highest BCUT2D eigenvalue weighted by Crippen LogP contribution is 2.23. The van der Waals surface area contributed by atoms with Crippen LogP contribution in [0.1, 0.15) is 43.2 Å². The summed E-state index contributed by atoms with van der Waals surface area (Å²) < 4.78 is 5.75. The number of ether oxygens (including phenoxy) is 1. The van der Waals surface area contributed by atoms with Gasteiger partial charge in [-0.1, -0.05) is 49.6 Å². The molecule has 2 aromatic rings. The van der Waals surface area contributed by atoms with Crippen LogP contribution in [0.3, 0.4) is 0 Å². The van der Waals surface area contributed by atoms with Gasteiger partial charge in [0.1, 0.15) is 12.4 Å². The van der Waals surface area contributed by atoms with Crippen molar-refractivity contribution in [1.29, 1.82) is 0 Å². The molecule has 130 valence electrons. The quantitative estimate of drug-likeness (QED) is 0.632. The van der Waals surface area contributed by atoms with Crippen molar-refractivity contribution in [3.05, 3.63) is 65.7 Å². The minimum atomic E-state index is 0.0405. The van der Waals surface area contributed by atoms with Crippen LogP contribution in [0.15, 0.2) is 59.7 Å². The van der Waals surface area contributed by atoms with E-state index in [1.54, 1.807) is 6.21 Å². The summed E-state index contributed by atoms with van der Waals surface area (Å²) in [6.45, 7) is 0.547. The van der Waals surface area contributed by atoms with Crippen molar-refractivity contribution in [1.82, 2.24) is 5.43 Å². The first kappa shape index (κ1) is 17.2. The van der Waals surface area contributed by atoms with Crippen LogP contribution in [0, 0.1) is 5.92 Å². The Hall–Kier alpha value is -2.62. The Kier molecular flexibility index (Phi) is 6.21. The largest absolute Gasteiger partial charge is 0.489 e. The van der Waals surface area contributed by atoms with Crippen molar-refractivity contribution in [2.45, 2.75) is 38.7 Å². The number of carbonyl (C=O) groups is 1. The van der Waals surface area contributed by atoms with Gasteiger partial charge in [0.05, 0.1) is 6.21 Å². The van der Waals surface area contributed by atoms with Crippen LogP contribution in [0.4, 0.5) is 0 Å². The summed E-state index contributed by atoms with van der Waals surface area (Å²) in [6.07, 6.45) is 7.16. The maximum Gasteiger partial charge on any atom is 0.243 e. The fourth-order valence-corrected chi connectivity index (χ4v) is 3.02. The van der Waals surface area contributed by atoms with E-state index in [4.69, 9.17) is 4.74 Å². The molecule has 0 heterocycles. The van der Waals surface area contributed by atoms with Gasteiger partial charge in [-0.15, -0.1) is 0 Å². The van der Waals surface area contributed by atoms with Gasteiger partial charge in [0.25, 0.3) is 0 Å². The molecule has 1 N–H and O–H groups in total. The Balaban J connectivity index is 1.46. The zero-order valence-electron chi connectivity index (χ0n) is 14.4. The van der Waals surface area contributed by atoms with Gasteiger partial charge in [0.15, 0.2) is 0 Å². The van der Waals surface area contributed by atoms with Crippen molar-refractivity contribution in [3.8, 4) is 5.75 Å². The number of nitrogens with one attached hydrogen (secondary N) is 1. The molecule has 1 fully saturated rings. The lowest BCUT2D eigenvalue weighted by Gasteiger charge is -2.19. The first-order valence-electron chi connectivity index (χ1n) is 8.91. The minimum absolute atomic E-state index is 0.0405. The van der Waals surface area contributed by atoms with Gasteiger partial charge in [-0.3, -0.25) is 4.79 Å². The molecule has 1 aliphatic carbocycles. The van der Waals surface area contributed by atoms with E-state index in [9.17, 15) is 4.79 Å². The number of nitrogens with zero attached hydrogens (tertiary/aromatic N) is 1. The third kappa shape index (κ3) is 5.45. The second-order valence-electron chi connectivity index (χ2n) is 6.41. The Labute approximate surface area is 148 Å². The minimum Gasteiger partial charge on any atom is -0.489 e. The van der Waals surface area contributed by atoms with Crippen LogP contribution < -0.4 is 10.2 Å². The summed E-state index contributed by atoms with van der Waals surface area (Å²) in [7, 11) is 0. The van der Waals surface area contributed by atoms with E-state index in [-0.39, 0.29) is 11.8 Å². The number of amides is 1. The Morgan fingerprint density at radius 3 is 2.48 bits per heavy atom. The molecular formula is C21H24N2O2. The van der Waals surface area contributed by atoms with Crippen molar-refractivity contribution in [2.24, 2.45) is 11.0 Å². The zero-order valence-corrected chi connectivity index (χ0v) is 14.4. The lowest BCUT2D eigenvalue weighted by atomic mass is 9.89. The van der Waals surface area contributed by atoms with Crippen LogP contribution in [-0.2, 0) is 11.4 Å². The van der Waals surface area contributed by atoms with E-state index in [2.05, 4.69) is 10.5 Å². The molecule has 1 aliphatic rings. The van der Waals surface area contributed by atoms with Gasteiger partial charge >= 0.3 is 0 Å². The summed E-state index contributed by atoms with van der Waals surface area (Å²) in [4.78, 5) is 12.0. The van der Waals surface area contributed by atoms with E-state index in [1.807, 2.05) is 54.6 Å². The van der Waals surface area contributed by atoms with Gasteiger partial charge in [0, 0.05) is 5.92 Å². The first-order chi connectivity index (χ1) is 12.3. The smallest absolute Gasteiger partial charge is 0.243 e. The average molecular weight is 336 g/mol. The van der Waals surface area contributed by atoms with Crippen LogP contribution in [-0.4, -0.2) is 12.1 Å². The molecule has 0 aliphatic heterocycles. The molecule has 0 saturated heterocycles. The van der Waals surface area contributed by atoms with Gasteiger partial charge in [0.2, 0.25) is 5.91 Å². The Morgan fingerprint density at radius 1 is 1.04 bits per heavy atom. The molecule has 0 bridgehead atoms. The summed E-state index contributed by atoms with van der Waals surface area (Å²) in [5.41, 5.74) is 4.73. The molecule has 4 nitrogen and oxygen atoms in total. The van der Waals surface area contributed by atoms with Crippen LogP contribution in [0.25, 0.3) is 0 Å². The molecular weight excluding hydrogens is 312 g/mol. The van der Waals surface area contributed by atoms with E-state index in [1.165, 1.54) is 6.42 Å². The van der Waals surface area contributed by atoms with Crippen LogP contribution in [0.5, 0.6) is 5.75 Å². The Morgan fingerprint density at radius 2 is 1.76 bits per heavy atom. The molecule has 0 spiro atoms. The molecule has 1 saturated carbocycles. The lowest BCUT2D eigenvalue weighted by molar-refractivity contribution is -0.125. The molecule has 4 heteroatoms. The van der Waals surface area contributed by atoms with Crippen molar-refractivity contribution < 1.29 is 9.53 Å². The number of hydrogen-bond donors (Lipinski definition) is 1. The molecule has 0 atom stereocenters. The maximum atomic E-state index is 12.0. The first-order valence-corrected chi connectivity index (χ1v) is 8.91. The van der Waals surface area contributed by atoms with E-state index >= 15 is 0 Å². The second kappa shape index (κ2) is 9.02. The SMILES string of the molecule is O=C(N/N=C\c1ccc(OCc2ccccc2)cc1)C1CCCCC1. The lowest BCUT2D eigenvalue weighted by Crippen LogP contribution is -2.28. The molecule has 3 rings (SSSR count). The Bertz CT molecular complexity index is 690. The molecule has 2 aromatic carbocycles. The third-order valence-electron chi connectivity index (χ3n) is 4.49. The number of carbonyl (C=O) groups excluding carboxylic acids is 1. The number of hydrogen-bond acceptors (Lipinski definition) is 3. The summed E-state index contributed by atoms with van der Waals surface area (Å²) >= 11 is 0. The van der Waals surface area contributed by atoms with E-state index < -0.39 is 0 Å². The standard InChI is InChI=1S/C21H24N2O2/c24-21(19-9-5-2-6-10-19)23-22-15-17-11-13-20(14-12-17)25-16-18-7-3-1-4-8-18/h1,3-4,7-8,11-15,19H,2,5-6,9-10,16H2,(H,23,24)/b22-15-. The highest BCUT2D eigenvalue weighted by molar-refractivity contribution is 5.83. The normalized spacial score (nSPS) is 15.2. The average Bonchev–Trinajstić information content (AvgIpc) is 2.69. The molecule has 1 amide bonds. The topological polar surface area (TPSA) is 50.7 Å². The third-order valence-corrected chi connectivity index (χ3v) is 4.49. The summed E-state index contributed by atoms with van der Waals surface area (Å²) in [6, 6.07) is 17.7. The predicted molar refractivity (Wildman–Crippen MR) is 99.5 cm³/mol. The molecule has 25 heavy (non-hydrogen) atoms. The fraction of sp³-hybridized carbons (Fsp3) is 0.333. The van der Waals surface area contributed by atoms with Crippen LogP contribution >= 0.6 is 0 Å². The molecule has 0 radical (unpaired) electrons.